The summed E-state index contributed by atoms with van der Waals surface area (Å²) in [6.45, 7) is 5.09. The molecule has 17 heavy (non-hydrogen) atoms. The molecule has 0 aliphatic rings. The quantitative estimate of drug-likeness (QED) is 0.823. The van der Waals surface area contributed by atoms with E-state index in [1.807, 2.05) is 18.5 Å². The molecule has 0 saturated heterocycles. The molecule has 0 bridgehead atoms. The van der Waals surface area contributed by atoms with Crippen molar-refractivity contribution in [1.82, 2.24) is 14.9 Å². The van der Waals surface area contributed by atoms with Gasteiger partial charge in [-0.2, -0.15) is 0 Å². The molecule has 2 rings (SSSR count). The van der Waals surface area contributed by atoms with Gasteiger partial charge >= 0.3 is 0 Å². The Morgan fingerprint density at radius 1 is 1.29 bits per heavy atom. The first-order chi connectivity index (χ1) is 8.40. The molecule has 0 saturated carbocycles. The maximum Gasteiger partial charge on any atom is 0.0359 e. The van der Waals surface area contributed by atoms with Crippen LogP contribution in [0.5, 0.6) is 0 Å². The SMILES string of the molecule is CCNCc1cccn1CCc1cccnc1. The summed E-state index contributed by atoms with van der Waals surface area (Å²) in [5.74, 6) is 0. The van der Waals surface area contributed by atoms with Crippen LogP contribution in [-0.4, -0.2) is 16.1 Å². The maximum absolute atomic E-state index is 4.14. The second-order valence-corrected chi connectivity index (χ2v) is 4.08. The molecule has 0 amide bonds. The Kier molecular flexibility index (Phi) is 4.33. The predicted octanol–water partition coefficient (Wildman–Crippen LogP) is 2.24. The molecule has 3 heteroatoms. The van der Waals surface area contributed by atoms with E-state index in [1.54, 1.807) is 0 Å². The van der Waals surface area contributed by atoms with Crippen LogP contribution in [0.2, 0.25) is 0 Å². The van der Waals surface area contributed by atoms with Gasteiger partial charge in [-0.3, -0.25) is 4.98 Å². The Labute approximate surface area is 103 Å². The zero-order valence-electron chi connectivity index (χ0n) is 10.3. The number of aryl methyl sites for hydroxylation is 2. The van der Waals surface area contributed by atoms with Gasteiger partial charge < -0.3 is 9.88 Å². The highest BCUT2D eigenvalue weighted by Gasteiger charge is 2.00. The number of aromatic nitrogens is 2. The van der Waals surface area contributed by atoms with Gasteiger partial charge in [-0.05, 0) is 36.7 Å². The summed E-state index contributed by atoms with van der Waals surface area (Å²) < 4.78 is 2.30. The average molecular weight is 229 g/mol. The highest BCUT2D eigenvalue weighted by Crippen LogP contribution is 2.05. The summed E-state index contributed by atoms with van der Waals surface area (Å²) >= 11 is 0. The Morgan fingerprint density at radius 3 is 3.00 bits per heavy atom. The molecule has 2 heterocycles. The first-order valence-corrected chi connectivity index (χ1v) is 6.14. The van der Waals surface area contributed by atoms with E-state index in [9.17, 15) is 0 Å². The van der Waals surface area contributed by atoms with Crippen molar-refractivity contribution in [3.8, 4) is 0 Å². The summed E-state index contributed by atoms with van der Waals surface area (Å²) in [6.07, 6.45) is 6.92. The Morgan fingerprint density at radius 2 is 2.24 bits per heavy atom. The molecule has 1 N–H and O–H groups in total. The van der Waals surface area contributed by atoms with Crippen molar-refractivity contribution in [1.29, 1.82) is 0 Å². The molecule has 2 aromatic heterocycles. The van der Waals surface area contributed by atoms with E-state index in [0.29, 0.717) is 0 Å². The van der Waals surface area contributed by atoms with Gasteiger partial charge in [0, 0.05) is 37.4 Å². The van der Waals surface area contributed by atoms with Crippen molar-refractivity contribution in [3.63, 3.8) is 0 Å². The predicted molar refractivity (Wildman–Crippen MR) is 69.8 cm³/mol. The molecule has 3 nitrogen and oxygen atoms in total. The van der Waals surface area contributed by atoms with E-state index in [2.05, 4.69) is 46.2 Å². The van der Waals surface area contributed by atoms with Crippen molar-refractivity contribution in [2.75, 3.05) is 6.54 Å². The van der Waals surface area contributed by atoms with E-state index in [1.165, 1.54) is 11.3 Å². The lowest BCUT2D eigenvalue weighted by Gasteiger charge is -2.09. The normalized spacial score (nSPS) is 10.6. The Balaban J connectivity index is 1.92. The number of nitrogens with zero attached hydrogens (tertiary/aromatic N) is 2. The third-order valence-corrected chi connectivity index (χ3v) is 2.84. The van der Waals surface area contributed by atoms with Crippen LogP contribution >= 0.6 is 0 Å². The van der Waals surface area contributed by atoms with Gasteiger partial charge in [0.25, 0.3) is 0 Å². The van der Waals surface area contributed by atoms with E-state index in [0.717, 1.165) is 26.1 Å². The Hall–Kier alpha value is -1.61. The standard InChI is InChI=1S/C14H19N3/c1-2-15-12-14-6-4-9-17(14)10-7-13-5-3-8-16-11-13/h3-6,8-9,11,15H,2,7,10,12H2,1H3. The number of hydrogen-bond donors (Lipinski definition) is 1. The number of nitrogens with one attached hydrogen (secondary N) is 1. The van der Waals surface area contributed by atoms with Crippen LogP contribution < -0.4 is 5.32 Å². The fourth-order valence-corrected chi connectivity index (χ4v) is 1.88. The minimum Gasteiger partial charge on any atom is -0.350 e. The molecule has 0 unspecified atom stereocenters. The second-order valence-electron chi connectivity index (χ2n) is 4.08. The number of pyridine rings is 1. The van der Waals surface area contributed by atoms with Gasteiger partial charge in [0.15, 0.2) is 0 Å². The van der Waals surface area contributed by atoms with E-state index in [-0.39, 0.29) is 0 Å². The maximum atomic E-state index is 4.14. The van der Waals surface area contributed by atoms with Crippen molar-refractivity contribution < 1.29 is 0 Å². The monoisotopic (exact) mass is 229 g/mol. The van der Waals surface area contributed by atoms with Gasteiger partial charge in [-0.15, -0.1) is 0 Å². The lowest BCUT2D eigenvalue weighted by atomic mass is 10.2. The summed E-state index contributed by atoms with van der Waals surface area (Å²) in [7, 11) is 0. The first-order valence-electron chi connectivity index (χ1n) is 6.14. The zero-order valence-corrected chi connectivity index (χ0v) is 10.3. The minimum atomic E-state index is 0.941. The van der Waals surface area contributed by atoms with Crippen LogP contribution in [0.4, 0.5) is 0 Å². The summed E-state index contributed by atoms with van der Waals surface area (Å²) in [5, 5.41) is 3.36. The topological polar surface area (TPSA) is 29.9 Å². The molecule has 0 radical (unpaired) electrons. The second kappa shape index (κ2) is 6.21. The lowest BCUT2D eigenvalue weighted by molar-refractivity contribution is 0.620. The number of hydrogen-bond acceptors (Lipinski definition) is 2. The molecule has 0 aliphatic heterocycles. The van der Waals surface area contributed by atoms with Crippen LogP contribution in [0.1, 0.15) is 18.2 Å². The van der Waals surface area contributed by atoms with Gasteiger partial charge in [-0.25, -0.2) is 0 Å². The third kappa shape index (κ3) is 3.43. The fraction of sp³-hybridized carbons (Fsp3) is 0.357. The molecule has 0 atom stereocenters. The lowest BCUT2D eigenvalue weighted by Crippen LogP contribution is -2.15. The van der Waals surface area contributed by atoms with Crippen molar-refractivity contribution >= 4 is 0 Å². The summed E-state index contributed by atoms with van der Waals surface area (Å²) in [6, 6.07) is 8.40. The Bertz CT molecular complexity index is 434. The van der Waals surface area contributed by atoms with E-state index < -0.39 is 0 Å². The van der Waals surface area contributed by atoms with Crippen molar-refractivity contribution in [3.05, 3.63) is 54.1 Å². The highest BCUT2D eigenvalue weighted by molar-refractivity contribution is 5.11. The molecule has 0 spiro atoms. The highest BCUT2D eigenvalue weighted by atomic mass is 15.0. The summed E-state index contributed by atoms with van der Waals surface area (Å²) in [5.41, 5.74) is 2.63. The van der Waals surface area contributed by atoms with Gasteiger partial charge in [-0.1, -0.05) is 13.0 Å². The number of rotatable bonds is 6. The first kappa shape index (κ1) is 11.9. The molecule has 90 valence electrons. The molecule has 0 aliphatic carbocycles. The van der Waals surface area contributed by atoms with Crippen molar-refractivity contribution in [2.45, 2.75) is 26.4 Å². The van der Waals surface area contributed by atoms with Gasteiger partial charge in [0.1, 0.15) is 0 Å². The zero-order chi connectivity index (χ0) is 11.9. The largest absolute Gasteiger partial charge is 0.350 e. The van der Waals surface area contributed by atoms with E-state index in [4.69, 9.17) is 0 Å². The molecular formula is C14H19N3. The molecular weight excluding hydrogens is 210 g/mol. The summed E-state index contributed by atoms with van der Waals surface area (Å²) in [4.78, 5) is 4.14. The minimum absolute atomic E-state index is 0.941. The molecule has 0 aromatic carbocycles. The fourth-order valence-electron chi connectivity index (χ4n) is 1.88. The molecule has 2 aromatic rings. The smallest absolute Gasteiger partial charge is 0.0359 e. The van der Waals surface area contributed by atoms with Gasteiger partial charge in [0.05, 0.1) is 0 Å². The van der Waals surface area contributed by atoms with E-state index >= 15 is 0 Å². The van der Waals surface area contributed by atoms with Gasteiger partial charge in [0.2, 0.25) is 0 Å². The van der Waals surface area contributed by atoms with Crippen LogP contribution in [0, 0.1) is 0 Å². The van der Waals surface area contributed by atoms with Crippen LogP contribution in [0.3, 0.4) is 0 Å². The van der Waals surface area contributed by atoms with Crippen molar-refractivity contribution in [2.24, 2.45) is 0 Å². The molecule has 0 fully saturated rings. The van der Waals surface area contributed by atoms with Crippen LogP contribution in [0.25, 0.3) is 0 Å². The van der Waals surface area contributed by atoms with Crippen LogP contribution in [0.15, 0.2) is 42.9 Å². The average Bonchev–Trinajstić information content (AvgIpc) is 2.82. The van der Waals surface area contributed by atoms with Crippen LogP contribution in [-0.2, 0) is 19.5 Å². The third-order valence-electron chi connectivity index (χ3n) is 2.84.